The number of amides is 1. The molecule has 0 spiro atoms. The predicted octanol–water partition coefficient (Wildman–Crippen LogP) is 4.30. The average molecular weight is 423 g/mol. The van der Waals surface area contributed by atoms with Crippen molar-refractivity contribution < 1.29 is 9.18 Å². The van der Waals surface area contributed by atoms with Crippen LogP contribution in [0.3, 0.4) is 0 Å². The summed E-state index contributed by atoms with van der Waals surface area (Å²) in [6, 6.07) is 15.5. The Kier molecular flexibility index (Phi) is 6.05. The SMILES string of the molecule is O=C(/C=C/c1ccccc1Cl)N1CCN(c2cc(-c3ccc(F)cc3)ncn2)CC1. The smallest absolute Gasteiger partial charge is 0.246 e. The highest BCUT2D eigenvalue weighted by molar-refractivity contribution is 6.32. The maximum absolute atomic E-state index is 13.2. The van der Waals surface area contributed by atoms with Gasteiger partial charge in [0, 0.05) is 48.9 Å². The van der Waals surface area contributed by atoms with Crippen LogP contribution in [0.1, 0.15) is 5.56 Å². The summed E-state index contributed by atoms with van der Waals surface area (Å²) in [5, 5.41) is 0.618. The highest BCUT2D eigenvalue weighted by atomic mass is 35.5. The van der Waals surface area contributed by atoms with Crippen LogP contribution < -0.4 is 4.90 Å². The van der Waals surface area contributed by atoms with E-state index in [1.54, 1.807) is 30.4 Å². The van der Waals surface area contributed by atoms with Gasteiger partial charge in [-0.1, -0.05) is 29.8 Å². The Hall–Kier alpha value is -3.25. The van der Waals surface area contributed by atoms with Crippen LogP contribution in [0.4, 0.5) is 10.2 Å². The molecule has 5 nitrogen and oxygen atoms in total. The molecule has 3 aromatic rings. The standard InChI is InChI=1S/C23H20ClFN4O/c24-20-4-2-1-3-17(20)7-10-23(30)29-13-11-28(12-14-29)22-15-21(26-16-27-22)18-5-8-19(25)9-6-18/h1-10,15-16H,11-14H2/b10-7+. The van der Waals surface area contributed by atoms with Crippen molar-refractivity contribution in [2.75, 3.05) is 31.1 Å². The summed E-state index contributed by atoms with van der Waals surface area (Å²) in [5.41, 5.74) is 2.39. The van der Waals surface area contributed by atoms with Crippen LogP contribution >= 0.6 is 11.6 Å². The van der Waals surface area contributed by atoms with Gasteiger partial charge in [0.15, 0.2) is 0 Å². The normalized spacial score (nSPS) is 14.3. The number of halogens is 2. The fourth-order valence-corrected chi connectivity index (χ4v) is 3.53. The number of aromatic nitrogens is 2. The number of carbonyl (C=O) groups is 1. The van der Waals surface area contributed by atoms with Gasteiger partial charge in [-0.2, -0.15) is 0 Å². The van der Waals surface area contributed by atoms with Crippen LogP contribution in [0.2, 0.25) is 5.02 Å². The van der Waals surface area contributed by atoms with E-state index in [9.17, 15) is 9.18 Å². The van der Waals surface area contributed by atoms with Crippen LogP contribution in [0.25, 0.3) is 17.3 Å². The third-order valence-electron chi connectivity index (χ3n) is 5.02. The minimum atomic E-state index is -0.280. The minimum absolute atomic E-state index is 0.0377. The van der Waals surface area contributed by atoms with Crippen molar-refractivity contribution in [2.24, 2.45) is 0 Å². The molecule has 0 unspecified atom stereocenters. The number of hydrogen-bond donors (Lipinski definition) is 0. The van der Waals surface area contributed by atoms with Gasteiger partial charge in [0.2, 0.25) is 5.91 Å². The predicted molar refractivity (Wildman–Crippen MR) is 117 cm³/mol. The minimum Gasteiger partial charge on any atom is -0.353 e. The zero-order chi connectivity index (χ0) is 20.9. The van der Waals surface area contributed by atoms with E-state index in [-0.39, 0.29) is 11.7 Å². The number of carbonyl (C=O) groups excluding carboxylic acids is 1. The van der Waals surface area contributed by atoms with Crippen molar-refractivity contribution >= 4 is 29.4 Å². The molecule has 0 saturated carbocycles. The van der Waals surface area contributed by atoms with Crippen molar-refractivity contribution in [3.63, 3.8) is 0 Å². The van der Waals surface area contributed by atoms with Crippen molar-refractivity contribution in [1.29, 1.82) is 0 Å². The van der Waals surface area contributed by atoms with Crippen molar-refractivity contribution in [1.82, 2.24) is 14.9 Å². The third-order valence-corrected chi connectivity index (χ3v) is 5.36. The van der Waals surface area contributed by atoms with Crippen molar-refractivity contribution in [2.45, 2.75) is 0 Å². The van der Waals surface area contributed by atoms with Gasteiger partial charge in [-0.25, -0.2) is 14.4 Å². The van der Waals surface area contributed by atoms with E-state index in [4.69, 9.17) is 11.6 Å². The number of hydrogen-bond acceptors (Lipinski definition) is 4. The van der Waals surface area contributed by atoms with Gasteiger partial charge < -0.3 is 9.80 Å². The van der Waals surface area contributed by atoms with E-state index in [2.05, 4.69) is 14.9 Å². The molecule has 0 aliphatic carbocycles. The molecule has 1 saturated heterocycles. The number of anilines is 1. The Balaban J connectivity index is 1.39. The zero-order valence-corrected chi connectivity index (χ0v) is 17.0. The van der Waals surface area contributed by atoms with Crippen LogP contribution in [-0.2, 0) is 4.79 Å². The summed E-state index contributed by atoms with van der Waals surface area (Å²) in [4.78, 5) is 25.1. The van der Waals surface area contributed by atoms with Gasteiger partial charge >= 0.3 is 0 Å². The number of rotatable bonds is 4. The monoisotopic (exact) mass is 422 g/mol. The summed E-state index contributed by atoms with van der Waals surface area (Å²) in [6.07, 6.45) is 4.82. The molecule has 152 valence electrons. The first kappa shape index (κ1) is 20.0. The van der Waals surface area contributed by atoms with Crippen molar-refractivity contribution in [3.8, 4) is 11.3 Å². The molecule has 0 radical (unpaired) electrons. The van der Waals surface area contributed by atoms with Crippen LogP contribution in [-0.4, -0.2) is 47.0 Å². The molecule has 0 bridgehead atoms. The lowest BCUT2D eigenvalue weighted by Crippen LogP contribution is -2.48. The van der Waals surface area contributed by atoms with Crippen LogP contribution in [0, 0.1) is 5.82 Å². The molecule has 2 aromatic carbocycles. The highest BCUT2D eigenvalue weighted by Gasteiger charge is 2.21. The lowest BCUT2D eigenvalue weighted by atomic mass is 10.1. The zero-order valence-electron chi connectivity index (χ0n) is 16.2. The largest absolute Gasteiger partial charge is 0.353 e. The Morgan fingerprint density at radius 2 is 1.73 bits per heavy atom. The number of nitrogens with zero attached hydrogens (tertiary/aromatic N) is 4. The third kappa shape index (κ3) is 4.66. The highest BCUT2D eigenvalue weighted by Crippen LogP contribution is 2.22. The number of piperazine rings is 1. The van der Waals surface area contributed by atoms with Gasteiger partial charge in [0.25, 0.3) is 0 Å². The lowest BCUT2D eigenvalue weighted by molar-refractivity contribution is -0.126. The first-order valence-electron chi connectivity index (χ1n) is 9.64. The van der Waals surface area contributed by atoms with Gasteiger partial charge in [-0.05, 0) is 42.0 Å². The molecule has 0 N–H and O–H groups in total. The Bertz CT molecular complexity index is 1060. The summed E-state index contributed by atoms with van der Waals surface area (Å²) in [7, 11) is 0. The van der Waals surface area contributed by atoms with E-state index in [0.717, 1.165) is 22.6 Å². The molecule has 2 heterocycles. The van der Waals surface area contributed by atoms with Crippen LogP contribution in [0.5, 0.6) is 0 Å². The Morgan fingerprint density at radius 3 is 2.47 bits per heavy atom. The maximum Gasteiger partial charge on any atom is 0.246 e. The Labute approximate surface area is 179 Å². The second-order valence-electron chi connectivity index (χ2n) is 6.94. The summed E-state index contributed by atoms with van der Waals surface area (Å²) in [6.45, 7) is 2.54. The molecule has 30 heavy (non-hydrogen) atoms. The summed E-state index contributed by atoms with van der Waals surface area (Å²) in [5.74, 6) is 0.477. The first-order chi connectivity index (χ1) is 14.6. The molecule has 1 aliphatic rings. The molecule has 7 heteroatoms. The second kappa shape index (κ2) is 9.05. The van der Waals surface area contributed by atoms with Gasteiger partial charge in [-0.15, -0.1) is 0 Å². The van der Waals surface area contributed by atoms with E-state index in [1.165, 1.54) is 18.5 Å². The van der Waals surface area contributed by atoms with Gasteiger partial charge in [0.1, 0.15) is 18.0 Å². The fraction of sp³-hybridized carbons (Fsp3) is 0.174. The second-order valence-corrected chi connectivity index (χ2v) is 7.34. The van der Waals surface area contributed by atoms with E-state index in [0.29, 0.717) is 31.2 Å². The molecular formula is C23H20ClFN4O. The van der Waals surface area contributed by atoms with E-state index in [1.807, 2.05) is 29.2 Å². The molecule has 1 aromatic heterocycles. The van der Waals surface area contributed by atoms with Gasteiger partial charge in [-0.3, -0.25) is 4.79 Å². The topological polar surface area (TPSA) is 49.3 Å². The van der Waals surface area contributed by atoms with Gasteiger partial charge in [0.05, 0.1) is 5.69 Å². The molecule has 1 amide bonds. The Morgan fingerprint density at radius 1 is 1.00 bits per heavy atom. The van der Waals surface area contributed by atoms with E-state index >= 15 is 0 Å². The average Bonchev–Trinajstić information content (AvgIpc) is 2.79. The summed E-state index contributed by atoms with van der Waals surface area (Å²) >= 11 is 6.13. The molecular weight excluding hydrogens is 403 g/mol. The lowest BCUT2D eigenvalue weighted by Gasteiger charge is -2.35. The fourth-order valence-electron chi connectivity index (χ4n) is 3.33. The van der Waals surface area contributed by atoms with Crippen LogP contribution in [0.15, 0.2) is 67.0 Å². The summed E-state index contributed by atoms with van der Waals surface area (Å²) < 4.78 is 13.2. The maximum atomic E-state index is 13.2. The first-order valence-corrected chi connectivity index (χ1v) is 10.0. The number of benzene rings is 2. The van der Waals surface area contributed by atoms with Crippen molar-refractivity contribution in [3.05, 3.63) is 83.4 Å². The molecule has 1 fully saturated rings. The molecule has 1 aliphatic heterocycles. The molecule has 0 atom stereocenters. The van der Waals surface area contributed by atoms with E-state index < -0.39 is 0 Å². The molecule has 4 rings (SSSR count). The quantitative estimate of drug-likeness (QED) is 0.588.